The van der Waals surface area contributed by atoms with E-state index in [1.165, 1.54) is 11.1 Å². The molecule has 7 heteroatoms. The van der Waals surface area contributed by atoms with Crippen LogP contribution in [0.25, 0.3) is 0 Å². The van der Waals surface area contributed by atoms with Crippen LogP contribution in [-0.2, 0) is 9.53 Å². The van der Waals surface area contributed by atoms with E-state index >= 15 is 0 Å². The molecule has 1 fully saturated rings. The van der Waals surface area contributed by atoms with Gasteiger partial charge in [0.2, 0.25) is 0 Å². The molecule has 0 saturated carbocycles. The average molecular weight is 265 g/mol. The van der Waals surface area contributed by atoms with E-state index in [4.69, 9.17) is 4.74 Å². The molecule has 1 aliphatic rings. The highest BCUT2D eigenvalue weighted by Crippen LogP contribution is 2.20. The summed E-state index contributed by atoms with van der Waals surface area (Å²) < 4.78 is 4.95. The number of aromatic nitrogens is 2. The number of amides is 1. The number of H-pyrrole nitrogens is 1. The van der Waals surface area contributed by atoms with E-state index in [1.54, 1.807) is 6.92 Å². The first kappa shape index (κ1) is 13.3. The van der Waals surface area contributed by atoms with Gasteiger partial charge in [0.25, 0.3) is 11.5 Å². The van der Waals surface area contributed by atoms with E-state index in [1.807, 2.05) is 0 Å². The van der Waals surface area contributed by atoms with Crippen molar-refractivity contribution in [3.05, 3.63) is 28.4 Å². The van der Waals surface area contributed by atoms with Gasteiger partial charge in [0, 0.05) is 12.7 Å². The normalized spacial score (nSPS) is 18.4. The van der Waals surface area contributed by atoms with E-state index in [-0.39, 0.29) is 23.8 Å². The highest BCUT2D eigenvalue weighted by Gasteiger charge is 2.35. The van der Waals surface area contributed by atoms with E-state index in [0.29, 0.717) is 13.0 Å². The summed E-state index contributed by atoms with van der Waals surface area (Å²) in [6.45, 7) is 2.50. The monoisotopic (exact) mass is 265 g/mol. The van der Waals surface area contributed by atoms with Crippen molar-refractivity contribution < 1.29 is 14.3 Å². The average Bonchev–Trinajstić information content (AvgIpc) is 2.88. The second-order valence-electron chi connectivity index (χ2n) is 4.20. The Labute approximate surface area is 109 Å². The number of aromatic amines is 1. The van der Waals surface area contributed by atoms with Crippen molar-refractivity contribution in [1.29, 1.82) is 0 Å². The lowest BCUT2D eigenvalue weighted by molar-refractivity contribution is -0.147. The first-order chi connectivity index (χ1) is 9.13. The van der Waals surface area contributed by atoms with Crippen molar-refractivity contribution in [3.8, 4) is 0 Å². The minimum Gasteiger partial charge on any atom is -0.464 e. The number of likely N-dealkylation sites (tertiary alicyclic amines) is 1. The van der Waals surface area contributed by atoms with Crippen molar-refractivity contribution in [2.75, 3.05) is 13.2 Å². The number of carbonyl (C=O) groups is 2. The first-order valence-electron chi connectivity index (χ1n) is 6.16. The Morgan fingerprint density at radius 1 is 1.58 bits per heavy atom. The van der Waals surface area contributed by atoms with Crippen LogP contribution < -0.4 is 5.56 Å². The van der Waals surface area contributed by atoms with Crippen LogP contribution in [0.3, 0.4) is 0 Å². The number of ether oxygens (including phenoxy) is 1. The summed E-state index contributed by atoms with van der Waals surface area (Å²) in [6.07, 6.45) is 3.64. The Balaban J connectivity index is 2.15. The van der Waals surface area contributed by atoms with Crippen LogP contribution in [-0.4, -0.2) is 45.9 Å². The van der Waals surface area contributed by atoms with Gasteiger partial charge in [0.1, 0.15) is 11.7 Å². The standard InChI is InChI=1S/C12H15N3O4/c1-2-19-12(18)9-4-3-5-15(9)11(17)8-6-14-10(16)7-13-8/h6-7,9H,2-5H2,1H3,(H,14,16). The highest BCUT2D eigenvalue weighted by atomic mass is 16.5. The van der Waals surface area contributed by atoms with E-state index in [9.17, 15) is 14.4 Å². The minimum absolute atomic E-state index is 0.121. The molecule has 1 saturated heterocycles. The largest absolute Gasteiger partial charge is 0.464 e. The molecule has 7 nitrogen and oxygen atoms in total. The third-order valence-corrected chi connectivity index (χ3v) is 2.96. The van der Waals surface area contributed by atoms with Crippen LogP contribution in [0.1, 0.15) is 30.3 Å². The van der Waals surface area contributed by atoms with Crippen LogP contribution >= 0.6 is 0 Å². The summed E-state index contributed by atoms with van der Waals surface area (Å²) in [5.41, 5.74) is -0.254. The van der Waals surface area contributed by atoms with Gasteiger partial charge in [-0.3, -0.25) is 9.59 Å². The Bertz CT molecular complexity index is 520. The van der Waals surface area contributed by atoms with Gasteiger partial charge in [-0.2, -0.15) is 0 Å². The first-order valence-corrected chi connectivity index (χ1v) is 6.16. The van der Waals surface area contributed by atoms with Crippen LogP contribution in [0.5, 0.6) is 0 Å². The van der Waals surface area contributed by atoms with Crippen LogP contribution in [0.15, 0.2) is 17.2 Å². The molecule has 0 aromatic carbocycles. The molecule has 0 radical (unpaired) electrons. The molecule has 0 spiro atoms. The zero-order chi connectivity index (χ0) is 13.8. The zero-order valence-electron chi connectivity index (χ0n) is 10.6. The number of rotatable bonds is 3. The predicted octanol–water partition coefficient (Wildman–Crippen LogP) is -0.0624. The summed E-state index contributed by atoms with van der Waals surface area (Å²) in [5, 5.41) is 0. The molecule has 1 aliphatic heterocycles. The van der Waals surface area contributed by atoms with Crippen molar-refractivity contribution in [1.82, 2.24) is 14.9 Å². The molecule has 1 unspecified atom stereocenters. The third kappa shape index (κ3) is 2.81. The molecule has 1 atom stereocenters. The molecule has 1 aromatic rings. The van der Waals surface area contributed by atoms with Gasteiger partial charge in [-0.25, -0.2) is 9.78 Å². The maximum Gasteiger partial charge on any atom is 0.328 e. The fraction of sp³-hybridized carbons (Fsp3) is 0.500. The number of carbonyl (C=O) groups excluding carboxylic acids is 2. The summed E-state index contributed by atoms with van der Waals surface area (Å²) >= 11 is 0. The second kappa shape index (κ2) is 5.64. The Hall–Kier alpha value is -2.18. The van der Waals surface area contributed by atoms with Crippen LogP contribution in [0, 0.1) is 0 Å². The maximum absolute atomic E-state index is 12.2. The van der Waals surface area contributed by atoms with Crippen molar-refractivity contribution in [2.24, 2.45) is 0 Å². The molecule has 1 N–H and O–H groups in total. The molecular weight excluding hydrogens is 250 g/mol. The molecular formula is C12H15N3O4. The zero-order valence-corrected chi connectivity index (χ0v) is 10.6. The second-order valence-corrected chi connectivity index (χ2v) is 4.20. The minimum atomic E-state index is -0.554. The maximum atomic E-state index is 12.2. The smallest absolute Gasteiger partial charge is 0.328 e. The Morgan fingerprint density at radius 2 is 2.37 bits per heavy atom. The van der Waals surface area contributed by atoms with Gasteiger partial charge in [0.05, 0.1) is 12.8 Å². The van der Waals surface area contributed by atoms with Crippen molar-refractivity contribution >= 4 is 11.9 Å². The number of hydrogen-bond acceptors (Lipinski definition) is 5. The lowest BCUT2D eigenvalue weighted by atomic mass is 10.2. The number of esters is 1. The molecule has 1 aromatic heterocycles. The van der Waals surface area contributed by atoms with Gasteiger partial charge < -0.3 is 14.6 Å². The molecule has 102 valence electrons. The fourth-order valence-electron chi connectivity index (χ4n) is 2.10. The van der Waals surface area contributed by atoms with E-state index in [0.717, 1.165) is 12.6 Å². The van der Waals surface area contributed by atoms with Gasteiger partial charge in [-0.1, -0.05) is 0 Å². The summed E-state index contributed by atoms with van der Waals surface area (Å²) in [7, 11) is 0. The lowest BCUT2D eigenvalue weighted by Crippen LogP contribution is -2.41. The van der Waals surface area contributed by atoms with Crippen LogP contribution in [0.4, 0.5) is 0 Å². The number of nitrogens with zero attached hydrogens (tertiary/aromatic N) is 2. The third-order valence-electron chi connectivity index (χ3n) is 2.96. The van der Waals surface area contributed by atoms with Crippen LogP contribution in [0.2, 0.25) is 0 Å². The predicted molar refractivity (Wildman–Crippen MR) is 65.5 cm³/mol. The molecule has 0 bridgehead atoms. The summed E-state index contributed by atoms with van der Waals surface area (Å²) in [4.78, 5) is 42.5. The van der Waals surface area contributed by atoms with Gasteiger partial charge >= 0.3 is 5.97 Å². The molecule has 0 aliphatic carbocycles. The number of nitrogens with one attached hydrogen (secondary N) is 1. The molecule has 2 heterocycles. The van der Waals surface area contributed by atoms with E-state index < -0.39 is 12.0 Å². The fourth-order valence-corrected chi connectivity index (χ4v) is 2.10. The Kier molecular flexibility index (Phi) is 3.94. The Morgan fingerprint density at radius 3 is 3.00 bits per heavy atom. The molecule has 19 heavy (non-hydrogen) atoms. The van der Waals surface area contributed by atoms with Gasteiger partial charge in [-0.05, 0) is 19.8 Å². The molecule has 2 rings (SSSR count). The number of hydrogen-bond donors (Lipinski definition) is 1. The topological polar surface area (TPSA) is 92.4 Å². The van der Waals surface area contributed by atoms with Crippen molar-refractivity contribution in [2.45, 2.75) is 25.8 Å². The van der Waals surface area contributed by atoms with Crippen molar-refractivity contribution in [3.63, 3.8) is 0 Å². The summed E-state index contributed by atoms with van der Waals surface area (Å²) in [5.74, 6) is -0.760. The summed E-state index contributed by atoms with van der Waals surface area (Å²) in [6, 6.07) is -0.554. The van der Waals surface area contributed by atoms with E-state index in [2.05, 4.69) is 9.97 Å². The van der Waals surface area contributed by atoms with Gasteiger partial charge in [-0.15, -0.1) is 0 Å². The lowest BCUT2D eigenvalue weighted by Gasteiger charge is -2.22. The quantitative estimate of drug-likeness (QED) is 0.773. The highest BCUT2D eigenvalue weighted by molar-refractivity contribution is 5.95. The SMILES string of the molecule is CCOC(=O)C1CCCN1C(=O)c1c[nH]c(=O)cn1. The molecule has 1 amide bonds. The van der Waals surface area contributed by atoms with Gasteiger partial charge in [0.15, 0.2) is 0 Å².